The Kier molecular flexibility index (Phi) is 9.17. The third kappa shape index (κ3) is 6.85. The number of guanidine groups is 1. The Balaban J connectivity index is 0.00000312. The van der Waals surface area contributed by atoms with Crippen LogP contribution in [0.3, 0.4) is 0 Å². The third-order valence-corrected chi connectivity index (χ3v) is 3.49. The van der Waals surface area contributed by atoms with E-state index in [2.05, 4.69) is 25.7 Å². The largest absolute Gasteiger partial charge is 0.489 e. The molecule has 0 bridgehead atoms. The van der Waals surface area contributed by atoms with Gasteiger partial charge in [0, 0.05) is 20.2 Å². The summed E-state index contributed by atoms with van der Waals surface area (Å²) in [5, 5.41) is 10.4. The second-order valence-corrected chi connectivity index (χ2v) is 5.21. The summed E-state index contributed by atoms with van der Waals surface area (Å²) in [6.07, 6.45) is 2.19. The second-order valence-electron chi connectivity index (χ2n) is 5.21. The number of hydrogen-bond donors (Lipinski definition) is 2. The highest BCUT2D eigenvalue weighted by Gasteiger charge is 2.10. The highest BCUT2D eigenvalue weighted by molar-refractivity contribution is 14.0. The first-order valence-electron chi connectivity index (χ1n) is 7.82. The Morgan fingerprint density at radius 3 is 2.80 bits per heavy atom. The molecule has 0 aliphatic carbocycles. The second kappa shape index (κ2) is 10.9. The van der Waals surface area contributed by atoms with E-state index in [9.17, 15) is 4.39 Å². The number of nitrogens with one attached hydrogen (secondary N) is 2. The first-order chi connectivity index (χ1) is 11.6. The van der Waals surface area contributed by atoms with Crippen LogP contribution in [-0.4, -0.2) is 40.4 Å². The van der Waals surface area contributed by atoms with Crippen LogP contribution in [-0.2, 0) is 13.6 Å². The number of rotatable bonds is 7. The molecule has 1 unspecified atom stereocenters. The van der Waals surface area contributed by atoms with Crippen molar-refractivity contribution in [3.8, 4) is 5.75 Å². The van der Waals surface area contributed by atoms with Crippen molar-refractivity contribution in [1.29, 1.82) is 0 Å². The number of aliphatic imine (C=N–C) groups is 1. The molecule has 0 saturated carbocycles. The molecule has 25 heavy (non-hydrogen) atoms. The van der Waals surface area contributed by atoms with Gasteiger partial charge in [-0.05, 0) is 18.6 Å². The number of aromatic nitrogens is 3. The summed E-state index contributed by atoms with van der Waals surface area (Å²) in [5.74, 6) is 1.66. The van der Waals surface area contributed by atoms with Gasteiger partial charge in [-0.15, -0.1) is 24.0 Å². The lowest BCUT2D eigenvalue weighted by Crippen LogP contribution is -2.42. The van der Waals surface area contributed by atoms with Gasteiger partial charge in [0.05, 0.1) is 13.1 Å². The van der Waals surface area contributed by atoms with Gasteiger partial charge in [-0.3, -0.25) is 9.67 Å². The predicted molar refractivity (Wildman–Crippen MR) is 106 cm³/mol. The summed E-state index contributed by atoms with van der Waals surface area (Å²) < 4.78 is 20.7. The van der Waals surface area contributed by atoms with Crippen molar-refractivity contribution in [3.05, 3.63) is 42.2 Å². The zero-order chi connectivity index (χ0) is 17.4. The summed E-state index contributed by atoms with van der Waals surface area (Å²) in [6, 6.07) is 6.15. The van der Waals surface area contributed by atoms with Gasteiger partial charge in [0.1, 0.15) is 29.8 Å². The SMILES string of the molecule is CCC(CNC(=NC)NCc1ncnn1C)Oc1cccc(F)c1.I. The fourth-order valence-corrected chi connectivity index (χ4v) is 2.08. The van der Waals surface area contributed by atoms with Crippen LogP contribution in [0.4, 0.5) is 4.39 Å². The van der Waals surface area contributed by atoms with Crippen LogP contribution in [0.2, 0.25) is 0 Å². The lowest BCUT2D eigenvalue weighted by molar-refractivity contribution is 0.198. The van der Waals surface area contributed by atoms with E-state index in [4.69, 9.17) is 4.74 Å². The number of nitrogens with zero attached hydrogens (tertiary/aromatic N) is 4. The zero-order valence-electron chi connectivity index (χ0n) is 14.6. The Labute approximate surface area is 164 Å². The number of benzene rings is 1. The summed E-state index contributed by atoms with van der Waals surface area (Å²) in [5.41, 5.74) is 0. The van der Waals surface area contributed by atoms with Gasteiger partial charge in [-0.25, -0.2) is 9.37 Å². The Morgan fingerprint density at radius 1 is 1.40 bits per heavy atom. The average molecular weight is 462 g/mol. The molecular weight excluding hydrogens is 438 g/mol. The van der Waals surface area contributed by atoms with Gasteiger partial charge < -0.3 is 15.4 Å². The minimum atomic E-state index is -0.309. The monoisotopic (exact) mass is 462 g/mol. The van der Waals surface area contributed by atoms with Gasteiger partial charge >= 0.3 is 0 Å². The highest BCUT2D eigenvalue weighted by atomic mass is 127. The van der Waals surface area contributed by atoms with Crippen molar-refractivity contribution in [3.63, 3.8) is 0 Å². The van der Waals surface area contributed by atoms with Crippen molar-refractivity contribution in [1.82, 2.24) is 25.4 Å². The molecule has 1 heterocycles. The Bertz CT molecular complexity index is 678. The molecule has 2 rings (SSSR count). The van der Waals surface area contributed by atoms with Crippen LogP contribution < -0.4 is 15.4 Å². The molecule has 0 fully saturated rings. The molecule has 0 aliphatic rings. The first-order valence-corrected chi connectivity index (χ1v) is 7.82. The molecule has 0 aliphatic heterocycles. The molecule has 1 aromatic heterocycles. The van der Waals surface area contributed by atoms with Gasteiger partial charge in [0.15, 0.2) is 5.96 Å². The van der Waals surface area contributed by atoms with Crippen molar-refractivity contribution in [2.75, 3.05) is 13.6 Å². The lowest BCUT2D eigenvalue weighted by Gasteiger charge is -2.20. The van der Waals surface area contributed by atoms with E-state index >= 15 is 0 Å². The summed E-state index contributed by atoms with van der Waals surface area (Å²) in [6.45, 7) is 3.07. The predicted octanol–water partition coefficient (Wildman–Crippen LogP) is 2.09. The first kappa shape index (κ1) is 21.1. The molecule has 2 N–H and O–H groups in total. The normalized spacial score (nSPS) is 12.2. The molecule has 0 saturated heterocycles. The third-order valence-electron chi connectivity index (χ3n) is 3.49. The van der Waals surface area contributed by atoms with Gasteiger partial charge in [0.25, 0.3) is 0 Å². The van der Waals surface area contributed by atoms with Gasteiger partial charge in [-0.1, -0.05) is 13.0 Å². The van der Waals surface area contributed by atoms with E-state index in [0.717, 1.165) is 12.2 Å². The van der Waals surface area contributed by atoms with E-state index in [-0.39, 0.29) is 35.9 Å². The Hall–Kier alpha value is -1.91. The maximum absolute atomic E-state index is 13.2. The number of ether oxygens (including phenoxy) is 1. The minimum Gasteiger partial charge on any atom is -0.489 e. The van der Waals surface area contributed by atoms with Crippen LogP contribution in [0.15, 0.2) is 35.6 Å². The van der Waals surface area contributed by atoms with E-state index in [0.29, 0.717) is 24.8 Å². The van der Waals surface area contributed by atoms with Crippen molar-refractivity contribution >= 4 is 29.9 Å². The molecule has 2 aromatic rings. The van der Waals surface area contributed by atoms with Crippen LogP contribution in [0, 0.1) is 5.82 Å². The topological polar surface area (TPSA) is 76.4 Å². The summed E-state index contributed by atoms with van der Waals surface area (Å²) in [4.78, 5) is 8.31. The highest BCUT2D eigenvalue weighted by Crippen LogP contribution is 2.14. The Morgan fingerprint density at radius 2 is 2.20 bits per heavy atom. The maximum Gasteiger partial charge on any atom is 0.191 e. The van der Waals surface area contributed by atoms with Crippen LogP contribution >= 0.6 is 24.0 Å². The number of aryl methyl sites for hydroxylation is 1. The molecule has 138 valence electrons. The smallest absolute Gasteiger partial charge is 0.191 e. The average Bonchev–Trinajstić information content (AvgIpc) is 2.99. The molecule has 1 aromatic carbocycles. The van der Waals surface area contributed by atoms with E-state index in [1.807, 2.05) is 14.0 Å². The van der Waals surface area contributed by atoms with Crippen molar-refractivity contribution in [2.24, 2.45) is 12.0 Å². The molecule has 9 heteroatoms. The van der Waals surface area contributed by atoms with Gasteiger partial charge in [-0.2, -0.15) is 5.10 Å². The lowest BCUT2D eigenvalue weighted by atomic mass is 10.2. The number of hydrogen-bond acceptors (Lipinski definition) is 4. The summed E-state index contributed by atoms with van der Waals surface area (Å²) >= 11 is 0. The molecule has 1 atom stereocenters. The zero-order valence-corrected chi connectivity index (χ0v) is 16.9. The standard InChI is InChI=1S/C16H23FN6O.HI/c1-4-13(24-14-7-5-6-12(17)8-14)9-19-16(18-2)20-10-15-21-11-22-23(15)3;/h5-8,11,13H,4,9-10H2,1-3H3,(H2,18,19,20);1H. The summed E-state index contributed by atoms with van der Waals surface area (Å²) in [7, 11) is 3.53. The van der Waals surface area contributed by atoms with Crippen LogP contribution in [0.1, 0.15) is 19.2 Å². The molecule has 0 radical (unpaired) electrons. The maximum atomic E-state index is 13.2. The van der Waals surface area contributed by atoms with Gasteiger partial charge in [0.2, 0.25) is 0 Å². The quantitative estimate of drug-likeness (QED) is 0.375. The molecule has 0 spiro atoms. The molecule has 7 nitrogen and oxygen atoms in total. The van der Waals surface area contributed by atoms with E-state index in [1.54, 1.807) is 23.9 Å². The van der Waals surface area contributed by atoms with Crippen molar-refractivity contribution in [2.45, 2.75) is 26.0 Å². The number of halogens is 2. The minimum absolute atomic E-state index is 0. The van der Waals surface area contributed by atoms with Crippen molar-refractivity contribution < 1.29 is 9.13 Å². The van der Waals surface area contributed by atoms with E-state index in [1.165, 1.54) is 18.5 Å². The van der Waals surface area contributed by atoms with E-state index < -0.39 is 0 Å². The fourth-order valence-electron chi connectivity index (χ4n) is 2.08. The van der Waals surface area contributed by atoms with Crippen LogP contribution in [0.25, 0.3) is 0 Å². The molecule has 0 amide bonds. The van der Waals surface area contributed by atoms with Crippen LogP contribution in [0.5, 0.6) is 5.75 Å². The fraction of sp³-hybridized carbons (Fsp3) is 0.438. The molecular formula is C16H24FIN6O.